The lowest BCUT2D eigenvalue weighted by Crippen LogP contribution is -2.58. The minimum Gasteiger partial charge on any atom is -0.339 e. The summed E-state index contributed by atoms with van der Waals surface area (Å²) in [5.74, 6) is 0.445. The topological polar surface area (TPSA) is 40.6 Å². The number of hydrogen-bond donors (Lipinski definition) is 0. The SMILES string of the molecule is CSc1ccccc1C(=O)N1CCN(CC(C)C)C(=O)[C@H]1C. The average molecular weight is 320 g/mol. The Morgan fingerprint density at radius 1 is 1.32 bits per heavy atom. The van der Waals surface area contributed by atoms with Crippen LogP contribution in [0.5, 0.6) is 0 Å². The summed E-state index contributed by atoms with van der Waals surface area (Å²) in [6, 6.07) is 7.19. The van der Waals surface area contributed by atoms with Gasteiger partial charge in [-0.1, -0.05) is 26.0 Å². The molecule has 0 N–H and O–H groups in total. The van der Waals surface area contributed by atoms with Gasteiger partial charge in [0.15, 0.2) is 0 Å². The van der Waals surface area contributed by atoms with Crippen molar-refractivity contribution in [2.24, 2.45) is 5.92 Å². The van der Waals surface area contributed by atoms with Crippen LogP contribution in [-0.2, 0) is 4.79 Å². The van der Waals surface area contributed by atoms with Gasteiger partial charge in [-0.25, -0.2) is 0 Å². The van der Waals surface area contributed by atoms with Crippen molar-refractivity contribution in [1.29, 1.82) is 0 Å². The van der Waals surface area contributed by atoms with Gasteiger partial charge in [0, 0.05) is 24.5 Å². The quantitative estimate of drug-likeness (QED) is 0.801. The van der Waals surface area contributed by atoms with E-state index in [1.165, 1.54) is 0 Å². The van der Waals surface area contributed by atoms with E-state index in [-0.39, 0.29) is 11.8 Å². The van der Waals surface area contributed by atoms with Crippen molar-refractivity contribution >= 4 is 23.6 Å². The van der Waals surface area contributed by atoms with Gasteiger partial charge in [-0.05, 0) is 31.2 Å². The molecule has 22 heavy (non-hydrogen) atoms. The summed E-state index contributed by atoms with van der Waals surface area (Å²) in [6.07, 6.45) is 1.96. The number of amides is 2. The fourth-order valence-corrected chi connectivity index (χ4v) is 3.40. The van der Waals surface area contributed by atoms with E-state index >= 15 is 0 Å². The summed E-state index contributed by atoms with van der Waals surface area (Å²) in [5.41, 5.74) is 0.687. The molecule has 2 amide bonds. The first-order valence-electron chi connectivity index (χ1n) is 7.68. The minimum atomic E-state index is -0.394. The highest BCUT2D eigenvalue weighted by atomic mass is 32.2. The Labute approximate surface area is 136 Å². The Kier molecular flexibility index (Phi) is 5.51. The second kappa shape index (κ2) is 7.18. The molecular weight excluding hydrogens is 296 g/mol. The summed E-state index contributed by atoms with van der Waals surface area (Å²) >= 11 is 1.56. The molecule has 1 fully saturated rings. The molecule has 1 aromatic carbocycles. The highest BCUT2D eigenvalue weighted by Crippen LogP contribution is 2.23. The van der Waals surface area contributed by atoms with Crippen molar-refractivity contribution in [3.63, 3.8) is 0 Å². The number of carbonyl (C=O) groups excluding carboxylic acids is 2. The number of rotatable bonds is 4. The number of nitrogens with zero attached hydrogens (tertiary/aromatic N) is 2. The molecule has 0 radical (unpaired) electrons. The number of piperazine rings is 1. The van der Waals surface area contributed by atoms with Crippen LogP contribution in [0.3, 0.4) is 0 Å². The molecule has 1 saturated heterocycles. The first-order valence-corrected chi connectivity index (χ1v) is 8.91. The Morgan fingerprint density at radius 3 is 2.64 bits per heavy atom. The largest absolute Gasteiger partial charge is 0.339 e. The van der Waals surface area contributed by atoms with Gasteiger partial charge in [0.25, 0.3) is 5.91 Å². The van der Waals surface area contributed by atoms with E-state index in [1.807, 2.05) is 42.3 Å². The monoisotopic (exact) mass is 320 g/mol. The zero-order valence-electron chi connectivity index (χ0n) is 13.7. The van der Waals surface area contributed by atoms with Crippen molar-refractivity contribution in [3.05, 3.63) is 29.8 Å². The van der Waals surface area contributed by atoms with E-state index in [0.717, 1.165) is 11.4 Å². The Balaban J connectivity index is 2.17. The summed E-state index contributed by atoms with van der Waals surface area (Å²) in [5, 5.41) is 0. The third-order valence-corrected chi connectivity index (χ3v) is 4.73. The lowest BCUT2D eigenvalue weighted by Gasteiger charge is -2.40. The zero-order chi connectivity index (χ0) is 16.3. The van der Waals surface area contributed by atoms with E-state index in [9.17, 15) is 9.59 Å². The van der Waals surface area contributed by atoms with Crippen LogP contribution < -0.4 is 0 Å². The van der Waals surface area contributed by atoms with Crippen molar-refractivity contribution in [3.8, 4) is 0 Å². The molecule has 120 valence electrons. The summed E-state index contributed by atoms with van der Waals surface area (Å²) in [7, 11) is 0. The smallest absolute Gasteiger partial charge is 0.255 e. The van der Waals surface area contributed by atoms with Gasteiger partial charge in [0.05, 0.1) is 5.56 Å². The maximum absolute atomic E-state index is 12.8. The molecule has 0 saturated carbocycles. The molecule has 1 aromatic rings. The normalized spacial score (nSPS) is 19.0. The summed E-state index contributed by atoms with van der Waals surface area (Å²) in [4.78, 5) is 29.8. The van der Waals surface area contributed by atoms with E-state index in [2.05, 4.69) is 13.8 Å². The number of hydrogen-bond acceptors (Lipinski definition) is 3. The van der Waals surface area contributed by atoms with Gasteiger partial charge in [-0.2, -0.15) is 0 Å². The van der Waals surface area contributed by atoms with E-state index in [4.69, 9.17) is 0 Å². The summed E-state index contributed by atoms with van der Waals surface area (Å²) < 4.78 is 0. The first kappa shape index (κ1) is 16.9. The highest BCUT2D eigenvalue weighted by Gasteiger charge is 2.35. The molecule has 1 aliphatic heterocycles. The summed E-state index contributed by atoms with van der Waals surface area (Å²) in [6.45, 7) is 8.01. The average Bonchev–Trinajstić information content (AvgIpc) is 2.51. The molecule has 2 rings (SSSR count). The maximum atomic E-state index is 12.8. The van der Waals surface area contributed by atoms with Gasteiger partial charge in [0.1, 0.15) is 6.04 Å². The third-order valence-electron chi connectivity index (χ3n) is 3.93. The molecule has 0 aliphatic carbocycles. The minimum absolute atomic E-state index is 0.0463. The molecule has 1 heterocycles. The predicted molar refractivity (Wildman–Crippen MR) is 90.1 cm³/mol. The zero-order valence-corrected chi connectivity index (χ0v) is 14.5. The second-order valence-corrected chi connectivity index (χ2v) is 6.90. The van der Waals surface area contributed by atoms with Crippen LogP contribution in [0.2, 0.25) is 0 Å². The number of thioether (sulfide) groups is 1. The highest BCUT2D eigenvalue weighted by molar-refractivity contribution is 7.98. The van der Waals surface area contributed by atoms with Crippen LogP contribution in [-0.4, -0.2) is 53.5 Å². The Bertz CT molecular complexity index is 559. The van der Waals surface area contributed by atoms with Gasteiger partial charge in [-0.15, -0.1) is 11.8 Å². The lowest BCUT2D eigenvalue weighted by atomic mass is 10.1. The number of benzene rings is 1. The van der Waals surface area contributed by atoms with Gasteiger partial charge in [-0.3, -0.25) is 9.59 Å². The van der Waals surface area contributed by atoms with Crippen molar-refractivity contribution in [2.45, 2.75) is 31.7 Å². The second-order valence-electron chi connectivity index (χ2n) is 6.05. The molecule has 1 aliphatic rings. The fourth-order valence-electron chi connectivity index (χ4n) is 2.81. The third kappa shape index (κ3) is 3.46. The first-order chi connectivity index (χ1) is 10.5. The molecule has 4 nitrogen and oxygen atoms in total. The molecule has 0 bridgehead atoms. The van der Waals surface area contributed by atoms with Crippen LogP contribution in [0.15, 0.2) is 29.2 Å². The van der Waals surface area contributed by atoms with Crippen LogP contribution in [0.25, 0.3) is 0 Å². The molecular formula is C17H24N2O2S. The van der Waals surface area contributed by atoms with Gasteiger partial charge in [0.2, 0.25) is 5.91 Å². The Hall–Kier alpha value is -1.49. The van der Waals surface area contributed by atoms with Crippen LogP contribution in [0, 0.1) is 5.92 Å². The van der Waals surface area contributed by atoms with E-state index < -0.39 is 6.04 Å². The van der Waals surface area contributed by atoms with Crippen molar-refractivity contribution in [2.75, 3.05) is 25.9 Å². The van der Waals surface area contributed by atoms with Crippen LogP contribution in [0.1, 0.15) is 31.1 Å². The molecule has 0 spiro atoms. The Morgan fingerprint density at radius 2 is 2.00 bits per heavy atom. The molecule has 5 heteroatoms. The van der Waals surface area contributed by atoms with Crippen LogP contribution >= 0.6 is 11.8 Å². The molecule has 1 atom stereocenters. The maximum Gasteiger partial charge on any atom is 0.255 e. The van der Waals surface area contributed by atoms with Crippen LogP contribution in [0.4, 0.5) is 0 Å². The molecule has 0 aromatic heterocycles. The van der Waals surface area contributed by atoms with Gasteiger partial charge < -0.3 is 9.80 Å². The lowest BCUT2D eigenvalue weighted by molar-refractivity contribution is -0.140. The standard InChI is InChI=1S/C17H24N2O2S/c1-12(2)11-18-9-10-19(13(3)16(18)20)17(21)14-7-5-6-8-15(14)22-4/h5-8,12-13H,9-11H2,1-4H3/t13-/m1/s1. The van der Waals surface area contributed by atoms with E-state index in [1.54, 1.807) is 16.7 Å². The molecule has 0 unspecified atom stereocenters. The van der Waals surface area contributed by atoms with Crippen molar-refractivity contribution < 1.29 is 9.59 Å². The van der Waals surface area contributed by atoms with E-state index in [0.29, 0.717) is 24.6 Å². The van der Waals surface area contributed by atoms with Gasteiger partial charge >= 0.3 is 0 Å². The number of carbonyl (C=O) groups is 2. The fraction of sp³-hybridized carbons (Fsp3) is 0.529. The van der Waals surface area contributed by atoms with Crippen molar-refractivity contribution in [1.82, 2.24) is 9.80 Å². The predicted octanol–water partition coefficient (Wildman–Crippen LogP) is 2.74.